The maximum atomic E-state index is 12.4. The molecule has 0 aliphatic carbocycles. The average Bonchev–Trinajstić information content (AvgIpc) is 2.64. The first kappa shape index (κ1) is 20.8. The molecule has 0 saturated carbocycles. The third-order valence-electron chi connectivity index (χ3n) is 4.51. The van der Waals surface area contributed by atoms with E-state index in [1.807, 2.05) is 59.4 Å². The van der Waals surface area contributed by atoms with Crippen LogP contribution in [0, 0.1) is 0 Å². The van der Waals surface area contributed by atoms with E-state index in [4.69, 9.17) is 4.74 Å². The van der Waals surface area contributed by atoms with Gasteiger partial charge in [-0.2, -0.15) is 0 Å². The zero-order chi connectivity index (χ0) is 19.8. The van der Waals surface area contributed by atoms with Crippen LogP contribution in [0.1, 0.15) is 24.1 Å². The van der Waals surface area contributed by atoms with Crippen molar-refractivity contribution in [2.24, 2.45) is 0 Å². The predicted octanol–water partition coefficient (Wildman–Crippen LogP) is 3.11. The second-order valence-electron chi connectivity index (χ2n) is 7.02. The van der Waals surface area contributed by atoms with Gasteiger partial charge in [-0.3, -0.25) is 4.79 Å². The Bertz CT molecular complexity index is 709. The quantitative estimate of drug-likeness (QED) is 0.738. The third-order valence-corrected chi connectivity index (χ3v) is 4.51. The summed E-state index contributed by atoms with van der Waals surface area (Å²) >= 11 is 0. The molecule has 0 heterocycles. The van der Waals surface area contributed by atoms with Gasteiger partial charge in [0.2, 0.25) is 5.91 Å². The fraction of sp³-hybridized carbons (Fsp3) is 0.409. The lowest BCUT2D eigenvalue weighted by Crippen LogP contribution is -2.35. The first-order valence-electron chi connectivity index (χ1n) is 9.33. The molecule has 2 aromatic rings. The molecule has 1 N–H and O–H groups in total. The van der Waals surface area contributed by atoms with Crippen LogP contribution in [0.4, 0.5) is 5.69 Å². The van der Waals surface area contributed by atoms with E-state index in [-0.39, 0.29) is 11.9 Å². The molecule has 2 rings (SSSR count). The minimum atomic E-state index is 0.0240. The van der Waals surface area contributed by atoms with Crippen LogP contribution < -0.4 is 15.0 Å². The highest BCUT2D eigenvalue weighted by molar-refractivity contribution is 5.78. The number of hydrogen-bond donors (Lipinski definition) is 1. The number of carbonyl (C=O) groups is 1. The summed E-state index contributed by atoms with van der Waals surface area (Å²) in [6.45, 7) is 3.17. The smallest absolute Gasteiger partial charge is 0.224 e. The van der Waals surface area contributed by atoms with Gasteiger partial charge in [0.05, 0.1) is 19.1 Å². The number of carbonyl (C=O) groups excluding carboxylic acids is 1. The first-order valence-corrected chi connectivity index (χ1v) is 9.33. The Labute approximate surface area is 162 Å². The van der Waals surface area contributed by atoms with Crippen molar-refractivity contribution in [2.45, 2.75) is 19.4 Å². The number of benzene rings is 2. The highest BCUT2D eigenvalue weighted by Crippen LogP contribution is 2.21. The van der Waals surface area contributed by atoms with E-state index in [9.17, 15) is 4.79 Å². The van der Waals surface area contributed by atoms with E-state index < -0.39 is 0 Å². The topological polar surface area (TPSA) is 44.8 Å². The number of hydrogen-bond acceptors (Lipinski definition) is 4. The SMILES string of the molecule is CCOc1ccc(CC(=O)NC[C@@H](c2ccc(N(C)C)cc2)N(C)C)cc1. The first-order chi connectivity index (χ1) is 12.9. The van der Waals surface area contributed by atoms with Crippen molar-refractivity contribution in [1.29, 1.82) is 0 Å². The molecule has 2 aromatic carbocycles. The Morgan fingerprint density at radius 2 is 1.63 bits per heavy atom. The summed E-state index contributed by atoms with van der Waals surface area (Å²) in [4.78, 5) is 16.6. The van der Waals surface area contributed by atoms with E-state index in [1.54, 1.807) is 0 Å². The average molecular weight is 370 g/mol. The zero-order valence-electron chi connectivity index (χ0n) is 17.0. The summed E-state index contributed by atoms with van der Waals surface area (Å²) in [5, 5.41) is 3.07. The number of likely N-dealkylation sites (N-methyl/N-ethyl adjacent to an activating group) is 1. The second kappa shape index (κ2) is 9.97. The van der Waals surface area contributed by atoms with Gasteiger partial charge in [-0.15, -0.1) is 0 Å². The summed E-state index contributed by atoms with van der Waals surface area (Å²) in [5.41, 5.74) is 3.33. The fourth-order valence-corrected chi connectivity index (χ4v) is 2.92. The van der Waals surface area contributed by atoms with Crippen LogP contribution in [-0.4, -0.2) is 52.1 Å². The van der Waals surface area contributed by atoms with Crippen molar-refractivity contribution >= 4 is 11.6 Å². The van der Waals surface area contributed by atoms with Gasteiger partial charge in [0.25, 0.3) is 0 Å². The molecule has 5 nitrogen and oxygen atoms in total. The van der Waals surface area contributed by atoms with Gasteiger partial charge in [-0.1, -0.05) is 24.3 Å². The summed E-state index contributed by atoms with van der Waals surface area (Å²) in [7, 11) is 8.12. The molecule has 0 aromatic heterocycles. The van der Waals surface area contributed by atoms with Crippen LogP contribution in [0.5, 0.6) is 5.75 Å². The van der Waals surface area contributed by atoms with E-state index in [0.717, 1.165) is 17.0 Å². The van der Waals surface area contributed by atoms with Gasteiger partial charge < -0.3 is 19.9 Å². The number of anilines is 1. The Hall–Kier alpha value is -2.53. The summed E-state index contributed by atoms with van der Waals surface area (Å²) in [5.74, 6) is 0.853. The highest BCUT2D eigenvalue weighted by atomic mass is 16.5. The molecule has 1 amide bonds. The molecular formula is C22H31N3O2. The third kappa shape index (κ3) is 6.29. The van der Waals surface area contributed by atoms with E-state index in [2.05, 4.69) is 39.4 Å². The zero-order valence-corrected chi connectivity index (χ0v) is 17.0. The highest BCUT2D eigenvalue weighted by Gasteiger charge is 2.15. The van der Waals surface area contributed by atoms with Crippen LogP contribution >= 0.6 is 0 Å². The molecule has 5 heteroatoms. The van der Waals surface area contributed by atoms with E-state index in [0.29, 0.717) is 19.6 Å². The molecule has 1 atom stereocenters. The number of ether oxygens (including phenoxy) is 1. The summed E-state index contributed by atoms with van der Waals surface area (Å²) in [6, 6.07) is 16.3. The molecular weight excluding hydrogens is 338 g/mol. The maximum absolute atomic E-state index is 12.4. The van der Waals surface area contributed by atoms with Gasteiger partial charge in [-0.05, 0) is 56.4 Å². The second-order valence-corrected chi connectivity index (χ2v) is 7.02. The lowest BCUT2D eigenvalue weighted by Gasteiger charge is -2.26. The minimum Gasteiger partial charge on any atom is -0.494 e. The molecule has 0 saturated heterocycles. The van der Waals surface area contributed by atoms with Crippen molar-refractivity contribution < 1.29 is 9.53 Å². The summed E-state index contributed by atoms with van der Waals surface area (Å²) < 4.78 is 5.43. The van der Waals surface area contributed by atoms with E-state index >= 15 is 0 Å². The Balaban J connectivity index is 1.93. The number of nitrogens with one attached hydrogen (secondary N) is 1. The fourth-order valence-electron chi connectivity index (χ4n) is 2.92. The van der Waals surface area contributed by atoms with Crippen LogP contribution in [0.25, 0.3) is 0 Å². The molecule has 27 heavy (non-hydrogen) atoms. The molecule has 0 spiro atoms. The largest absolute Gasteiger partial charge is 0.494 e. The molecule has 0 unspecified atom stereocenters. The Kier molecular flexibility index (Phi) is 7.67. The van der Waals surface area contributed by atoms with Crippen molar-refractivity contribution in [2.75, 3.05) is 46.2 Å². The molecule has 0 aliphatic rings. The van der Waals surface area contributed by atoms with Crippen LogP contribution in [0.3, 0.4) is 0 Å². The normalized spacial score (nSPS) is 11.9. The molecule has 0 fully saturated rings. The minimum absolute atomic E-state index is 0.0240. The van der Waals surface area contributed by atoms with Crippen LogP contribution in [-0.2, 0) is 11.2 Å². The lowest BCUT2D eigenvalue weighted by molar-refractivity contribution is -0.120. The molecule has 0 bridgehead atoms. The van der Waals surface area contributed by atoms with Crippen LogP contribution in [0.2, 0.25) is 0 Å². The monoisotopic (exact) mass is 369 g/mol. The molecule has 146 valence electrons. The van der Waals surface area contributed by atoms with Crippen molar-refractivity contribution in [3.05, 3.63) is 59.7 Å². The number of rotatable bonds is 9. The predicted molar refractivity (Wildman–Crippen MR) is 112 cm³/mol. The van der Waals surface area contributed by atoms with Crippen molar-refractivity contribution in [1.82, 2.24) is 10.2 Å². The number of amides is 1. The summed E-state index contributed by atoms with van der Waals surface area (Å²) in [6.07, 6.45) is 0.367. The van der Waals surface area contributed by atoms with Crippen LogP contribution in [0.15, 0.2) is 48.5 Å². The van der Waals surface area contributed by atoms with Gasteiger partial charge in [0.15, 0.2) is 0 Å². The molecule has 0 aliphatic heterocycles. The standard InChI is InChI=1S/C22H31N3O2/c1-6-27-20-13-7-17(8-14-20)15-22(26)23-16-21(25(4)5)18-9-11-19(12-10-18)24(2)3/h7-14,21H,6,15-16H2,1-5H3,(H,23,26)/t21-/m0/s1. The van der Waals surface area contributed by atoms with Gasteiger partial charge in [0, 0.05) is 26.3 Å². The lowest BCUT2D eigenvalue weighted by atomic mass is 10.0. The maximum Gasteiger partial charge on any atom is 0.224 e. The van der Waals surface area contributed by atoms with Crippen molar-refractivity contribution in [3.8, 4) is 5.75 Å². The van der Waals surface area contributed by atoms with Crippen molar-refractivity contribution in [3.63, 3.8) is 0 Å². The van der Waals surface area contributed by atoms with Gasteiger partial charge >= 0.3 is 0 Å². The van der Waals surface area contributed by atoms with Gasteiger partial charge in [-0.25, -0.2) is 0 Å². The number of nitrogens with zero attached hydrogens (tertiary/aromatic N) is 2. The molecule has 0 radical (unpaired) electrons. The Morgan fingerprint density at radius 3 is 2.15 bits per heavy atom. The van der Waals surface area contributed by atoms with Gasteiger partial charge in [0.1, 0.15) is 5.75 Å². The Morgan fingerprint density at radius 1 is 1.00 bits per heavy atom. The van der Waals surface area contributed by atoms with E-state index in [1.165, 1.54) is 5.56 Å².